The van der Waals surface area contributed by atoms with E-state index in [1.54, 1.807) is 7.11 Å². The second kappa shape index (κ2) is 9.08. The van der Waals surface area contributed by atoms with Crippen molar-refractivity contribution in [3.05, 3.63) is 58.6 Å². The number of ether oxygens (including phenoxy) is 2. The summed E-state index contributed by atoms with van der Waals surface area (Å²) in [6, 6.07) is 13.1. The fourth-order valence-electron chi connectivity index (χ4n) is 3.14. The van der Waals surface area contributed by atoms with Crippen LogP contribution in [-0.4, -0.2) is 26.2 Å². The Bertz CT molecular complexity index is 800. The van der Waals surface area contributed by atoms with Gasteiger partial charge >= 0.3 is 0 Å². The van der Waals surface area contributed by atoms with Crippen LogP contribution in [0.2, 0.25) is 5.02 Å². The van der Waals surface area contributed by atoms with Gasteiger partial charge in [-0.3, -0.25) is 10.2 Å². The second-order valence-electron chi connectivity index (χ2n) is 6.30. The van der Waals surface area contributed by atoms with Gasteiger partial charge in [0.05, 0.1) is 30.7 Å². The van der Waals surface area contributed by atoms with Crippen molar-refractivity contribution in [2.75, 3.05) is 20.3 Å². The lowest BCUT2D eigenvalue weighted by Gasteiger charge is -2.19. The predicted molar refractivity (Wildman–Crippen MR) is 105 cm³/mol. The molecule has 6 nitrogen and oxygen atoms in total. The number of hydrogen-bond donors (Lipinski definition) is 3. The summed E-state index contributed by atoms with van der Waals surface area (Å²) in [7, 11) is 1.63. The van der Waals surface area contributed by atoms with Gasteiger partial charge in [0.2, 0.25) is 5.91 Å². The molecule has 0 aliphatic carbocycles. The number of rotatable bonds is 7. The molecule has 1 fully saturated rings. The van der Waals surface area contributed by atoms with Gasteiger partial charge in [0.1, 0.15) is 11.5 Å². The lowest BCUT2D eigenvalue weighted by Crippen LogP contribution is -2.34. The number of hydrazine groups is 1. The third kappa shape index (κ3) is 4.71. The van der Waals surface area contributed by atoms with E-state index < -0.39 is 0 Å². The van der Waals surface area contributed by atoms with Crippen LogP contribution in [0, 0.1) is 5.92 Å². The number of amides is 1. The quantitative estimate of drug-likeness (QED) is 0.679. The van der Waals surface area contributed by atoms with Gasteiger partial charge in [-0.15, -0.1) is 0 Å². The Labute approximate surface area is 164 Å². The van der Waals surface area contributed by atoms with Gasteiger partial charge in [-0.25, -0.2) is 5.43 Å². The molecule has 0 bridgehead atoms. The maximum Gasteiger partial charge on any atom is 0.226 e. The molecule has 0 spiro atoms. The number of benzene rings is 2. The second-order valence-corrected chi connectivity index (χ2v) is 6.71. The highest BCUT2D eigenvalue weighted by molar-refractivity contribution is 6.32. The molecular weight excluding hydrogens is 366 g/mol. The highest BCUT2D eigenvalue weighted by atomic mass is 35.5. The molecule has 2 atom stereocenters. The van der Waals surface area contributed by atoms with E-state index in [1.807, 2.05) is 49.4 Å². The van der Waals surface area contributed by atoms with Gasteiger partial charge in [-0.05, 0) is 42.3 Å². The van der Waals surface area contributed by atoms with Gasteiger partial charge in [0.15, 0.2) is 0 Å². The summed E-state index contributed by atoms with van der Waals surface area (Å²) in [6.07, 6.45) is 0. The van der Waals surface area contributed by atoms with E-state index in [2.05, 4.69) is 16.2 Å². The molecule has 0 radical (unpaired) electrons. The molecule has 1 aliphatic rings. The average molecular weight is 390 g/mol. The zero-order chi connectivity index (χ0) is 19.2. The molecule has 27 heavy (non-hydrogen) atoms. The van der Waals surface area contributed by atoms with Gasteiger partial charge in [0.25, 0.3) is 0 Å². The Morgan fingerprint density at radius 2 is 2.15 bits per heavy atom. The molecular formula is C20H24ClN3O3. The largest absolute Gasteiger partial charge is 0.497 e. The highest BCUT2D eigenvalue weighted by Crippen LogP contribution is 2.32. The standard InChI is InChI=1S/C20H24ClN3O3/c1-3-27-18-8-7-14(10-17(18)21)19-16(12-23-24-19)20(25)22-11-13-5-4-6-15(9-13)26-2/h4-10,16,19,23-24H,3,11-12H2,1-2H3,(H,22,25). The SMILES string of the molecule is CCOc1ccc(C2NNCC2C(=O)NCc2cccc(OC)c2)cc1Cl. The van der Waals surface area contributed by atoms with Crippen molar-refractivity contribution in [3.8, 4) is 11.5 Å². The third-order valence-corrected chi connectivity index (χ3v) is 4.83. The molecule has 2 aromatic rings. The van der Waals surface area contributed by atoms with Crippen molar-refractivity contribution in [1.82, 2.24) is 16.2 Å². The summed E-state index contributed by atoms with van der Waals surface area (Å²) < 4.78 is 10.7. The van der Waals surface area contributed by atoms with Crippen LogP contribution < -0.4 is 25.6 Å². The minimum Gasteiger partial charge on any atom is -0.497 e. The molecule has 3 N–H and O–H groups in total. The highest BCUT2D eigenvalue weighted by Gasteiger charge is 2.34. The number of carbonyl (C=O) groups is 1. The van der Waals surface area contributed by atoms with Gasteiger partial charge < -0.3 is 14.8 Å². The van der Waals surface area contributed by atoms with E-state index >= 15 is 0 Å². The van der Waals surface area contributed by atoms with E-state index in [1.165, 1.54) is 0 Å². The summed E-state index contributed by atoms with van der Waals surface area (Å²) in [5.74, 6) is 1.15. The minimum atomic E-state index is -0.246. The van der Waals surface area contributed by atoms with Crippen LogP contribution in [0.1, 0.15) is 24.1 Å². The number of hydrogen-bond acceptors (Lipinski definition) is 5. The van der Waals surface area contributed by atoms with Gasteiger partial charge in [-0.1, -0.05) is 29.8 Å². The first-order chi connectivity index (χ1) is 13.1. The zero-order valence-electron chi connectivity index (χ0n) is 15.4. The molecule has 2 unspecified atom stereocenters. The fraction of sp³-hybridized carbons (Fsp3) is 0.350. The van der Waals surface area contributed by atoms with Gasteiger partial charge in [-0.2, -0.15) is 0 Å². The Hall–Kier alpha value is -2.28. The normalized spacial score (nSPS) is 18.9. The number of carbonyl (C=O) groups excluding carboxylic acids is 1. The maximum absolute atomic E-state index is 12.7. The Morgan fingerprint density at radius 1 is 1.30 bits per heavy atom. The fourth-order valence-corrected chi connectivity index (χ4v) is 3.39. The van der Waals surface area contributed by atoms with Crippen molar-refractivity contribution in [1.29, 1.82) is 0 Å². The molecule has 0 saturated carbocycles. The molecule has 3 rings (SSSR count). The number of halogens is 1. The number of nitrogens with one attached hydrogen (secondary N) is 3. The van der Waals surface area contributed by atoms with Crippen LogP contribution in [0.5, 0.6) is 11.5 Å². The lowest BCUT2D eigenvalue weighted by atomic mass is 9.94. The molecule has 1 aliphatic heterocycles. The predicted octanol–water partition coefficient (Wildman–Crippen LogP) is 2.83. The van der Waals surface area contributed by atoms with E-state index in [-0.39, 0.29) is 17.9 Å². The Morgan fingerprint density at radius 3 is 2.89 bits per heavy atom. The molecule has 2 aromatic carbocycles. The minimum absolute atomic E-state index is 0.0228. The lowest BCUT2D eigenvalue weighted by molar-refractivity contribution is -0.125. The summed E-state index contributed by atoms with van der Waals surface area (Å²) in [4.78, 5) is 12.7. The maximum atomic E-state index is 12.7. The van der Waals surface area contributed by atoms with Crippen molar-refractivity contribution in [2.24, 2.45) is 5.92 Å². The van der Waals surface area contributed by atoms with Crippen molar-refractivity contribution < 1.29 is 14.3 Å². The molecule has 0 aromatic heterocycles. The molecule has 1 amide bonds. The van der Waals surface area contributed by atoms with E-state index in [0.717, 1.165) is 16.9 Å². The van der Waals surface area contributed by atoms with E-state index in [9.17, 15) is 4.79 Å². The van der Waals surface area contributed by atoms with E-state index in [0.29, 0.717) is 30.5 Å². The third-order valence-electron chi connectivity index (χ3n) is 4.53. The first-order valence-corrected chi connectivity index (χ1v) is 9.31. The Balaban J connectivity index is 1.66. The molecule has 1 heterocycles. The smallest absolute Gasteiger partial charge is 0.226 e. The van der Waals surface area contributed by atoms with Crippen molar-refractivity contribution in [2.45, 2.75) is 19.5 Å². The van der Waals surface area contributed by atoms with Crippen LogP contribution in [0.4, 0.5) is 0 Å². The molecule has 144 valence electrons. The number of methoxy groups -OCH3 is 1. The topological polar surface area (TPSA) is 71.6 Å². The Kier molecular flexibility index (Phi) is 6.55. The van der Waals surface area contributed by atoms with Crippen LogP contribution in [0.3, 0.4) is 0 Å². The zero-order valence-corrected chi connectivity index (χ0v) is 16.2. The first kappa shape index (κ1) is 19.5. The van der Waals surface area contributed by atoms with Gasteiger partial charge in [0, 0.05) is 13.1 Å². The first-order valence-electron chi connectivity index (χ1n) is 8.93. The summed E-state index contributed by atoms with van der Waals surface area (Å²) >= 11 is 6.30. The van der Waals surface area contributed by atoms with Crippen LogP contribution >= 0.6 is 11.6 Å². The van der Waals surface area contributed by atoms with Crippen LogP contribution in [0.15, 0.2) is 42.5 Å². The summed E-state index contributed by atoms with van der Waals surface area (Å²) in [5.41, 5.74) is 8.17. The molecule has 7 heteroatoms. The van der Waals surface area contributed by atoms with Crippen molar-refractivity contribution in [3.63, 3.8) is 0 Å². The van der Waals surface area contributed by atoms with Crippen LogP contribution in [-0.2, 0) is 11.3 Å². The van der Waals surface area contributed by atoms with E-state index in [4.69, 9.17) is 21.1 Å². The molecule has 1 saturated heterocycles. The van der Waals surface area contributed by atoms with Crippen molar-refractivity contribution >= 4 is 17.5 Å². The monoisotopic (exact) mass is 389 g/mol. The summed E-state index contributed by atoms with van der Waals surface area (Å²) in [5, 5.41) is 3.55. The van der Waals surface area contributed by atoms with Crippen LogP contribution in [0.25, 0.3) is 0 Å². The summed E-state index contributed by atoms with van der Waals surface area (Å²) in [6.45, 7) is 3.45. The average Bonchev–Trinajstić information content (AvgIpc) is 3.18.